The zero-order valence-electron chi connectivity index (χ0n) is 14.5. The van der Waals surface area contributed by atoms with Gasteiger partial charge in [-0.05, 0) is 50.1 Å². The Kier molecular flexibility index (Phi) is 6.10. The molecule has 5 heteroatoms. The fourth-order valence-corrected chi connectivity index (χ4v) is 3.35. The predicted octanol–water partition coefficient (Wildman–Crippen LogP) is 2.46. The van der Waals surface area contributed by atoms with E-state index in [0.717, 1.165) is 44.9 Å². The van der Waals surface area contributed by atoms with Crippen molar-refractivity contribution in [1.29, 1.82) is 0 Å². The number of nitrogens with zero attached hydrogens (tertiary/aromatic N) is 1. The number of rotatable bonds is 7. The Morgan fingerprint density at radius 2 is 2.21 bits per heavy atom. The number of ether oxygens (including phenoxy) is 2. The zero-order valence-corrected chi connectivity index (χ0v) is 14.5. The molecular weight excluding hydrogens is 304 g/mol. The fourth-order valence-electron chi connectivity index (χ4n) is 3.35. The summed E-state index contributed by atoms with van der Waals surface area (Å²) in [6.07, 6.45) is 4.76. The number of benzene rings is 1. The first-order valence-corrected chi connectivity index (χ1v) is 9.13. The smallest absolute Gasteiger partial charge is 0.251 e. The molecule has 0 aliphatic carbocycles. The van der Waals surface area contributed by atoms with Gasteiger partial charge >= 0.3 is 0 Å². The molecule has 132 valence electrons. The molecule has 0 spiro atoms. The first-order valence-electron chi connectivity index (χ1n) is 9.13. The lowest BCUT2D eigenvalue weighted by Gasteiger charge is -2.35. The predicted molar refractivity (Wildman–Crippen MR) is 93.5 cm³/mol. The van der Waals surface area contributed by atoms with Gasteiger partial charge in [-0.1, -0.05) is 13.3 Å². The summed E-state index contributed by atoms with van der Waals surface area (Å²) < 4.78 is 11.5. The van der Waals surface area contributed by atoms with Crippen LogP contribution in [0.25, 0.3) is 0 Å². The van der Waals surface area contributed by atoms with Crippen molar-refractivity contribution < 1.29 is 14.3 Å². The number of unbranched alkanes of at least 4 members (excludes halogenated alkanes) is 1. The van der Waals surface area contributed by atoms with E-state index in [1.54, 1.807) is 0 Å². The Balaban J connectivity index is 1.43. The van der Waals surface area contributed by atoms with Crippen molar-refractivity contribution in [1.82, 2.24) is 10.2 Å². The van der Waals surface area contributed by atoms with E-state index in [1.165, 1.54) is 12.8 Å². The fraction of sp³-hybridized carbons (Fsp3) is 0.632. The van der Waals surface area contributed by atoms with Crippen LogP contribution < -0.4 is 10.1 Å². The van der Waals surface area contributed by atoms with Gasteiger partial charge in [-0.3, -0.25) is 9.69 Å². The normalized spacial score (nSPS) is 23.7. The van der Waals surface area contributed by atoms with Gasteiger partial charge in [0.1, 0.15) is 5.75 Å². The third-order valence-electron chi connectivity index (χ3n) is 4.83. The van der Waals surface area contributed by atoms with Crippen molar-refractivity contribution in [2.24, 2.45) is 0 Å². The average Bonchev–Trinajstić information content (AvgIpc) is 3.08. The molecule has 2 saturated heterocycles. The van der Waals surface area contributed by atoms with Crippen LogP contribution in [-0.4, -0.2) is 55.8 Å². The molecule has 0 radical (unpaired) electrons. The number of nitrogens with one attached hydrogen (secondary N) is 1. The number of hydrogen-bond donors (Lipinski definition) is 1. The van der Waals surface area contributed by atoms with Gasteiger partial charge in [0.05, 0.1) is 19.3 Å². The SMILES string of the molecule is CCCCOc1ccc(C(=O)NC[C@@H]2CN3CCC[C@H]3CO2)cc1. The Bertz CT molecular complexity index is 532. The molecule has 2 fully saturated rings. The largest absolute Gasteiger partial charge is 0.494 e. The highest BCUT2D eigenvalue weighted by Gasteiger charge is 2.32. The number of amides is 1. The van der Waals surface area contributed by atoms with Crippen molar-refractivity contribution in [2.75, 3.05) is 32.8 Å². The van der Waals surface area contributed by atoms with Gasteiger partial charge in [-0.25, -0.2) is 0 Å². The molecule has 5 nitrogen and oxygen atoms in total. The van der Waals surface area contributed by atoms with Gasteiger partial charge in [0.15, 0.2) is 0 Å². The summed E-state index contributed by atoms with van der Waals surface area (Å²) in [7, 11) is 0. The third-order valence-corrected chi connectivity index (χ3v) is 4.83. The lowest BCUT2D eigenvalue weighted by Crippen LogP contribution is -2.50. The summed E-state index contributed by atoms with van der Waals surface area (Å²) in [5.74, 6) is 0.762. The van der Waals surface area contributed by atoms with Crippen molar-refractivity contribution in [2.45, 2.75) is 44.8 Å². The van der Waals surface area contributed by atoms with E-state index in [1.807, 2.05) is 24.3 Å². The number of carbonyl (C=O) groups is 1. The molecule has 3 rings (SSSR count). The zero-order chi connectivity index (χ0) is 16.8. The van der Waals surface area contributed by atoms with E-state index in [0.29, 0.717) is 18.2 Å². The quantitative estimate of drug-likeness (QED) is 0.779. The molecule has 1 amide bonds. The molecule has 0 unspecified atom stereocenters. The van der Waals surface area contributed by atoms with Crippen LogP contribution in [0.15, 0.2) is 24.3 Å². The van der Waals surface area contributed by atoms with Crippen molar-refractivity contribution >= 4 is 5.91 Å². The van der Waals surface area contributed by atoms with E-state index in [-0.39, 0.29) is 12.0 Å². The molecular formula is C19H28N2O3. The van der Waals surface area contributed by atoms with Gasteiger partial charge in [0.25, 0.3) is 5.91 Å². The highest BCUT2D eigenvalue weighted by Crippen LogP contribution is 2.22. The van der Waals surface area contributed by atoms with Crippen molar-refractivity contribution in [3.8, 4) is 5.75 Å². The van der Waals surface area contributed by atoms with Gasteiger partial charge in [-0.2, -0.15) is 0 Å². The van der Waals surface area contributed by atoms with Crippen LogP contribution >= 0.6 is 0 Å². The topological polar surface area (TPSA) is 50.8 Å². The second-order valence-electron chi connectivity index (χ2n) is 6.68. The first kappa shape index (κ1) is 17.2. The minimum atomic E-state index is -0.0535. The molecule has 0 aromatic heterocycles. The van der Waals surface area contributed by atoms with E-state index in [2.05, 4.69) is 17.1 Å². The summed E-state index contributed by atoms with van der Waals surface area (Å²) in [5, 5.41) is 2.99. The molecule has 1 aromatic rings. The van der Waals surface area contributed by atoms with Gasteiger partial charge < -0.3 is 14.8 Å². The molecule has 0 saturated carbocycles. The Hall–Kier alpha value is -1.59. The Morgan fingerprint density at radius 3 is 3.00 bits per heavy atom. The van der Waals surface area contributed by atoms with Gasteiger partial charge in [0.2, 0.25) is 0 Å². The maximum atomic E-state index is 12.3. The minimum Gasteiger partial charge on any atom is -0.494 e. The number of carbonyl (C=O) groups excluding carboxylic acids is 1. The van der Waals surface area contributed by atoms with Crippen LogP contribution in [0.2, 0.25) is 0 Å². The van der Waals surface area contributed by atoms with Crippen LogP contribution in [0.3, 0.4) is 0 Å². The van der Waals surface area contributed by atoms with Crippen LogP contribution in [0.4, 0.5) is 0 Å². The second kappa shape index (κ2) is 8.49. The molecule has 2 atom stereocenters. The Morgan fingerprint density at radius 1 is 1.38 bits per heavy atom. The molecule has 1 aromatic carbocycles. The monoisotopic (exact) mass is 332 g/mol. The highest BCUT2D eigenvalue weighted by atomic mass is 16.5. The van der Waals surface area contributed by atoms with Crippen LogP contribution in [0.5, 0.6) is 5.75 Å². The number of hydrogen-bond acceptors (Lipinski definition) is 4. The summed E-state index contributed by atoms with van der Waals surface area (Å²) in [6, 6.07) is 7.94. The summed E-state index contributed by atoms with van der Waals surface area (Å²) in [6.45, 7) is 6.31. The number of morpholine rings is 1. The van der Waals surface area contributed by atoms with E-state index in [4.69, 9.17) is 9.47 Å². The first-order chi connectivity index (χ1) is 11.8. The summed E-state index contributed by atoms with van der Waals surface area (Å²) >= 11 is 0. The maximum Gasteiger partial charge on any atom is 0.251 e. The lowest BCUT2D eigenvalue weighted by atomic mass is 10.1. The second-order valence-corrected chi connectivity index (χ2v) is 6.68. The standard InChI is InChI=1S/C19H28N2O3/c1-2-3-11-23-17-8-6-15(7-9-17)19(22)20-12-18-13-21-10-4-5-16(21)14-24-18/h6-9,16,18H,2-5,10-14H2,1H3,(H,20,22)/t16-,18+/m0/s1. The number of fused-ring (bicyclic) bond motifs is 1. The summed E-state index contributed by atoms with van der Waals surface area (Å²) in [5.41, 5.74) is 0.660. The van der Waals surface area contributed by atoms with E-state index in [9.17, 15) is 4.79 Å². The molecule has 0 bridgehead atoms. The molecule has 2 aliphatic rings. The molecule has 1 N–H and O–H groups in total. The minimum absolute atomic E-state index is 0.0535. The molecule has 2 heterocycles. The third kappa shape index (κ3) is 4.48. The van der Waals surface area contributed by atoms with Crippen LogP contribution in [0, 0.1) is 0 Å². The van der Waals surface area contributed by atoms with Crippen LogP contribution in [0.1, 0.15) is 43.0 Å². The van der Waals surface area contributed by atoms with Crippen molar-refractivity contribution in [3.05, 3.63) is 29.8 Å². The summed E-state index contributed by atoms with van der Waals surface area (Å²) in [4.78, 5) is 14.8. The Labute approximate surface area is 144 Å². The molecule has 24 heavy (non-hydrogen) atoms. The van der Waals surface area contributed by atoms with Crippen molar-refractivity contribution in [3.63, 3.8) is 0 Å². The molecule has 2 aliphatic heterocycles. The van der Waals surface area contributed by atoms with Gasteiger partial charge in [0, 0.05) is 24.7 Å². The lowest BCUT2D eigenvalue weighted by molar-refractivity contribution is -0.0461. The average molecular weight is 332 g/mol. The van der Waals surface area contributed by atoms with Crippen LogP contribution in [-0.2, 0) is 4.74 Å². The highest BCUT2D eigenvalue weighted by molar-refractivity contribution is 5.94. The van der Waals surface area contributed by atoms with E-state index >= 15 is 0 Å². The van der Waals surface area contributed by atoms with E-state index < -0.39 is 0 Å². The maximum absolute atomic E-state index is 12.3. The van der Waals surface area contributed by atoms with Gasteiger partial charge in [-0.15, -0.1) is 0 Å².